The molecule has 0 aliphatic heterocycles. The quantitative estimate of drug-likeness (QED) is 0.635. The summed E-state index contributed by atoms with van der Waals surface area (Å²) in [5.41, 5.74) is -1.01. The molecule has 1 amide bonds. The van der Waals surface area contributed by atoms with Crippen LogP contribution in [0.2, 0.25) is 5.02 Å². The van der Waals surface area contributed by atoms with Gasteiger partial charge in [-0.15, -0.1) is 0 Å². The number of rotatable bonds is 5. The van der Waals surface area contributed by atoms with E-state index >= 15 is 0 Å². The molecule has 1 heterocycles. The molecule has 0 aliphatic rings. The van der Waals surface area contributed by atoms with E-state index in [4.69, 9.17) is 16.7 Å². The van der Waals surface area contributed by atoms with Gasteiger partial charge in [0.25, 0.3) is 5.91 Å². The average Bonchev–Trinajstić information content (AvgIpc) is 2.36. The molecule has 1 aromatic rings. The summed E-state index contributed by atoms with van der Waals surface area (Å²) in [4.78, 5) is 30.8. The number of carbonyl (C=O) groups excluding carboxylic acids is 1. The van der Waals surface area contributed by atoms with Gasteiger partial charge in [-0.05, 0) is 20.1 Å². The summed E-state index contributed by atoms with van der Waals surface area (Å²) in [6.07, 6.45) is 3.12. The molecule has 104 valence electrons. The number of aromatic nitrogens is 2. The molecule has 1 aromatic heterocycles. The molecule has 0 spiro atoms. The van der Waals surface area contributed by atoms with E-state index < -0.39 is 17.3 Å². The standard InChI is InChI=1S/C11H14ClN3O3S/c1-11(2,9(17)18)5-14-8(16)7-6(12)4-13-10(15-7)19-3/h4H,5H2,1-3H3,(H,14,16)(H,17,18). The molecule has 0 radical (unpaired) electrons. The fraction of sp³-hybridized carbons (Fsp3) is 0.455. The fourth-order valence-corrected chi connectivity index (χ4v) is 1.59. The number of amides is 1. The number of hydrogen-bond acceptors (Lipinski definition) is 5. The minimum atomic E-state index is -1.06. The maximum Gasteiger partial charge on any atom is 0.310 e. The summed E-state index contributed by atoms with van der Waals surface area (Å²) in [7, 11) is 0. The van der Waals surface area contributed by atoms with Crippen molar-refractivity contribution < 1.29 is 14.7 Å². The number of nitrogens with zero attached hydrogens (tertiary/aromatic N) is 2. The van der Waals surface area contributed by atoms with Crippen LogP contribution in [0.1, 0.15) is 24.3 Å². The van der Waals surface area contributed by atoms with Crippen LogP contribution in [0.5, 0.6) is 0 Å². The van der Waals surface area contributed by atoms with Gasteiger partial charge in [0, 0.05) is 6.54 Å². The molecule has 0 bridgehead atoms. The molecular weight excluding hydrogens is 290 g/mol. The highest BCUT2D eigenvalue weighted by Gasteiger charge is 2.28. The third-order valence-electron chi connectivity index (χ3n) is 2.39. The molecular formula is C11H14ClN3O3S. The zero-order valence-electron chi connectivity index (χ0n) is 10.7. The molecule has 0 aromatic carbocycles. The third kappa shape index (κ3) is 4.07. The van der Waals surface area contributed by atoms with E-state index in [1.54, 1.807) is 6.26 Å². The van der Waals surface area contributed by atoms with Gasteiger partial charge >= 0.3 is 5.97 Å². The summed E-state index contributed by atoms with van der Waals surface area (Å²) in [6, 6.07) is 0. The minimum Gasteiger partial charge on any atom is -0.481 e. The Bertz CT molecular complexity index is 508. The molecule has 2 N–H and O–H groups in total. The predicted octanol–water partition coefficient (Wildman–Crippen LogP) is 1.69. The largest absolute Gasteiger partial charge is 0.481 e. The molecule has 0 fully saturated rings. The molecule has 0 saturated heterocycles. The summed E-state index contributed by atoms with van der Waals surface area (Å²) in [5, 5.41) is 12.0. The van der Waals surface area contributed by atoms with Crippen molar-refractivity contribution in [3.8, 4) is 0 Å². The normalized spacial score (nSPS) is 11.2. The molecule has 0 unspecified atom stereocenters. The Morgan fingerprint density at radius 2 is 2.16 bits per heavy atom. The summed E-state index contributed by atoms with van der Waals surface area (Å²) >= 11 is 7.13. The first kappa shape index (κ1) is 15.7. The first-order valence-corrected chi connectivity index (χ1v) is 6.96. The van der Waals surface area contributed by atoms with Crippen LogP contribution < -0.4 is 5.32 Å². The second-order valence-electron chi connectivity index (χ2n) is 4.42. The molecule has 0 saturated carbocycles. The lowest BCUT2D eigenvalue weighted by atomic mass is 9.94. The van der Waals surface area contributed by atoms with E-state index in [-0.39, 0.29) is 17.3 Å². The highest BCUT2D eigenvalue weighted by Crippen LogP contribution is 2.17. The van der Waals surface area contributed by atoms with Crippen LogP contribution in [-0.4, -0.2) is 39.8 Å². The van der Waals surface area contributed by atoms with Gasteiger partial charge in [-0.1, -0.05) is 23.4 Å². The number of nitrogens with one attached hydrogen (secondary N) is 1. The minimum absolute atomic E-state index is 0.0178. The Balaban J connectivity index is 2.82. The van der Waals surface area contributed by atoms with Crippen molar-refractivity contribution in [2.24, 2.45) is 5.41 Å². The van der Waals surface area contributed by atoms with Crippen molar-refractivity contribution in [3.05, 3.63) is 16.9 Å². The van der Waals surface area contributed by atoms with Gasteiger partial charge in [-0.2, -0.15) is 0 Å². The monoisotopic (exact) mass is 303 g/mol. The van der Waals surface area contributed by atoms with Crippen molar-refractivity contribution in [2.45, 2.75) is 19.0 Å². The highest BCUT2D eigenvalue weighted by atomic mass is 35.5. The molecule has 6 nitrogen and oxygen atoms in total. The maximum atomic E-state index is 11.9. The summed E-state index contributed by atoms with van der Waals surface area (Å²) in [6.45, 7) is 3.02. The van der Waals surface area contributed by atoms with E-state index in [2.05, 4.69) is 15.3 Å². The van der Waals surface area contributed by atoms with Gasteiger partial charge in [-0.25, -0.2) is 9.97 Å². The number of thioether (sulfide) groups is 1. The van der Waals surface area contributed by atoms with Gasteiger partial charge in [0.15, 0.2) is 10.9 Å². The lowest BCUT2D eigenvalue weighted by molar-refractivity contribution is -0.146. The van der Waals surface area contributed by atoms with Crippen LogP contribution in [0.3, 0.4) is 0 Å². The van der Waals surface area contributed by atoms with Crippen LogP contribution in [0, 0.1) is 5.41 Å². The van der Waals surface area contributed by atoms with Crippen LogP contribution >= 0.6 is 23.4 Å². The Morgan fingerprint density at radius 3 is 2.68 bits per heavy atom. The number of aliphatic carboxylic acids is 1. The van der Waals surface area contributed by atoms with Crippen LogP contribution in [0.4, 0.5) is 0 Å². The van der Waals surface area contributed by atoms with E-state index in [1.165, 1.54) is 31.8 Å². The number of halogens is 1. The number of hydrogen-bond donors (Lipinski definition) is 2. The van der Waals surface area contributed by atoms with E-state index in [9.17, 15) is 9.59 Å². The summed E-state index contributed by atoms with van der Waals surface area (Å²) < 4.78 is 0. The van der Waals surface area contributed by atoms with E-state index in [1.807, 2.05) is 0 Å². The van der Waals surface area contributed by atoms with Gasteiger partial charge in [0.05, 0.1) is 16.6 Å². The number of carboxylic acid groups (broad SMARTS) is 1. The topological polar surface area (TPSA) is 92.2 Å². The smallest absolute Gasteiger partial charge is 0.310 e. The van der Waals surface area contributed by atoms with Crippen LogP contribution in [0.25, 0.3) is 0 Å². The van der Waals surface area contributed by atoms with Gasteiger partial charge in [-0.3, -0.25) is 9.59 Å². The maximum absolute atomic E-state index is 11.9. The Morgan fingerprint density at radius 1 is 1.53 bits per heavy atom. The second-order valence-corrected chi connectivity index (χ2v) is 5.61. The van der Waals surface area contributed by atoms with Crippen molar-refractivity contribution in [1.82, 2.24) is 15.3 Å². The van der Waals surface area contributed by atoms with Crippen molar-refractivity contribution in [3.63, 3.8) is 0 Å². The second kappa shape index (κ2) is 6.21. The predicted molar refractivity (Wildman–Crippen MR) is 72.6 cm³/mol. The zero-order valence-corrected chi connectivity index (χ0v) is 12.3. The van der Waals surface area contributed by atoms with Crippen LogP contribution in [0.15, 0.2) is 11.4 Å². The SMILES string of the molecule is CSc1ncc(Cl)c(C(=O)NCC(C)(C)C(=O)O)n1. The fourth-order valence-electron chi connectivity index (χ4n) is 1.07. The van der Waals surface area contributed by atoms with E-state index in [0.717, 1.165) is 0 Å². The molecule has 0 atom stereocenters. The summed E-state index contributed by atoms with van der Waals surface area (Å²) in [5.74, 6) is -1.51. The molecule has 0 aliphatic carbocycles. The van der Waals surface area contributed by atoms with E-state index in [0.29, 0.717) is 5.16 Å². The third-order valence-corrected chi connectivity index (χ3v) is 3.23. The first-order chi connectivity index (χ1) is 8.77. The molecule has 1 rings (SSSR count). The van der Waals surface area contributed by atoms with Gasteiger partial charge in [0.1, 0.15) is 0 Å². The Labute approximate surface area is 120 Å². The lowest BCUT2D eigenvalue weighted by Gasteiger charge is -2.19. The van der Waals surface area contributed by atoms with Gasteiger partial charge < -0.3 is 10.4 Å². The van der Waals surface area contributed by atoms with Crippen molar-refractivity contribution in [2.75, 3.05) is 12.8 Å². The highest BCUT2D eigenvalue weighted by molar-refractivity contribution is 7.98. The van der Waals surface area contributed by atoms with Gasteiger partial charge in [0.2, 0.25) is 0 Å². The zero-order chi connectivity index (χ0) is 14.6. The average molecular weight is 304 g/mol. The first-order valence-electron chi connectivity index (χ1n) is 5.36. The molecule has 8 heteroatoms. The Kier molecular flexibility index (Phi) is 5.13. The van der Waals surface area contributed by atoms with Crippen LogP contribution in [-0.2, 0) is 4.79 Å². The molecule has 19 heavy (non-hydrogen) atoms. The lowest BCUT2D eigenvalue weighted by Crippen LogP contribution is -2.39. The Hall–Kier alpha value is -1.34. The number of carbonyl (C=O) groups is 2. The van der Waals surface area contributed by atoms with Crippen molar-refractivity contribution in [1.29, 1.82) is 0 Å². The number of carboxylic acids is 1. The van der Waals surface area contributed by atoms with Crippen molar-refractivity contribution >= 4 is 35.2 Å².